The molecule has 0 radical (unpaired) electrons. The van der Waals surface area contributed by atoms with Crippen molar-refractivity contribution < 1.29 is 13.7 Å². The van der Waals surface area contributed by atoms with E-state index in [4.69, 9.17) is 4.74 Å². The molecule has 1 atom stereocenters. The van der Waals surface area contributed by atoms with E-state index in [1.165, 1.54) is 0 Å². The molecule has 0 aliphatic carbocycles. The lowest BCUT2D eigenvalue weighted by molar-refractivity contribution is -0.119. The summed E-state index contributed by atoms with van der Waals surface area (Å²) in [7, 11) is 0. The van der Waals surface area contributed by atoms with Crippen LogP contribution in [-0.4, -0.2) is 12.1 Å². The molecule has 6 heteroatoms. The maximum atomic E-state index is 10.3. The van der Waals surface area contributed by atoms with Crippen LogP contribution in [0, 0.1) is 11.3 Å². The Morgan fingerprint density at radius 1 is 1.31 bits per heavy atom. The van der Waals surface area contributed by atoms with Crippen molar-refractivity contribution in [2.75, 3.05) is 4.72 Å². The molecule has 0 amide bonds. The third-order valence-electron chi connectivity index (χ3n) is 4.46. The van der Waals surface area contributed by atoms with Gasteiger partial charge in [0.05, 0.1) is 17.3 Å². The number of carbonyl (C=O) groups is 1. The molecule has 1 heterocycles. The van der Waals surface area contributed by atoms with Gasteiger partial charge in [0.15, 0.2) is 12.2 Å². The first-order chi connectivity index (χ1) is 12.6. The Hall–Kier alpha value is -2.91. The maximum absolute atomic E-state index is 10.3. The lowest BCUT2D eigenvalue weighted by atomic mass is 9.81. The minimum atomic E-state index is -0.710. The van der Waals surface area contributed by atoms with Crippen LogP contribution in [0.4, 0.5) is 5.69 Å². The Kier molecular flexibility index (Phi) is 5.19. The molecule has 5 nitrogen and oxygen atoms in total. The summed E-state index contributed by atoms with van der Waals surface area (Å²) in [6.07, 6.45) is 0.659. The summed E-state index contributed by atoms with van der Waals surface area (Å²) in [5.74, 6) is 0.684. The lowest BCUT2D eigenvalue weighted by Crippen LogP contribution is -2.37. The molecule has 0 saturated heterocycles. The van der Waals surface area contributed by atoms with Crippen LogP contribution >= 0.6 is 12.2 Å². The van der Waals surface area contributed by atoms with E-state index in [9.17, 15) is 10.1 Å². The van der Waals surface area contributed by atoms with Gasteiger partial charge in [-0.3, -0.25) is 9.52 Å². The number of fused-ring (bicyclic) bond motifs is 1. The van der Waals surface area contributed by atoms with E-state index in [1.807, 2.05) is 62.4 Å². The Morgan fingerprint density at radius 2 is 2.08 bits per heavy atom. The number of carbonyl (C=O) groups excluding carboxylic acids is 1. The number of ether oxygens (including phenoxy) is 1. The van der Waals surface area contributed by atoms with Gasteiger partial charge in [-0.05, 0) is 31.0 Å². The highest BCUT2D eigenvalue weighted by molar-refractivity contribution is 7.96. The van der Waals surface area contributed by atoms with Gasteiger partial charge in [-0.25, -0.2) is 0 Å². The molecule has 0 saturated carbocycles. The molecular formula is C20H18N2O3S. The molecule has 3 rings (SSSR count). The van der Waals surface area contributed by atoms with Gasteiger partial charge in [-0.1, -0.05) is 37.3 Å². The van der Waals surface area contributed by atoms with E-state index < -0.39 is 5.60 Å². The van der Waals surface area contributed by atoms with Gasteiger partial charge in [-0.15, -0.1) is 0 Å². The zero-order valence-corrected chi connectivity index (χ0v) is 15.3. The standard InChI is InChI=1S/C20H18N2O3S/c1-3-20(2)17(12-21)19(14-7-5-4-6-8-14)16-10-9-15(11-18(16)25-20)22-26-24-13-23/h4-11,13,22H,3H2,1-2H3. The van der Waals surface area contributed by atoms with Crippen molar-refractivity contribution in [3.8, 4) is 11.8 Å². The lowest BCUT2D eigenvalue weighted by Gasteiger charge is -2.36. The number of hydrogen-bond donors (Lipinski definition) is 1. The molecule has 26 heavy (non-hydrogen) atoms. The van der Waals surface area contributed by atoms with Crippen LogP contribution in [-0.2, 0) is 8.98 Å². The van der Waals surface area contributed by atoms with Crippen LogP contribution in [0.15, 0.2) is 54.1 Å². The number of rotatable bonds is 6. The predicted molar refractivity (Wildman–Crippen MR) is 102 cm³/mol. The highest BCUT2D eigenvalue weighted by Crippen LogP contribution is 2.45. The van der Waals surface area contributed by atoms with Crippen molar-refractivity contribution in [1.29, 1.82) is 5.26 Å². The van der Waals surface area contributed by atoms with Gasteiger partial charge in [0, 0.05) is 17.2 Å². The normalized spacial score (nSPS) is 18.3. The summed E-state index contributed by atoms with van der Waals surface area (Å²) in [6, 6.07) is 17.8. The minimum Gasteiger partial charge on any atom is -0.481 e. The summed E-state index contributed by atoms with van der Waals surface area (Å²) in [5.41, 5.74) is 3.39. The second-order valence-electron chi connectivity index (χ2n) is 6.00. The quantitative estimate of drug-likeness (QED) is 0.345. The Bertz CT molecular complexity index is 890. The van der Waals surface area contributed by atoms with Gasteiger partial charge in [0.1, 0.15) is 11.4 Å². The third-order valence-corrected chi connectivity index (χ3v) is 4.95. The van der Waals surface area contributed by atoms with Gasteiger partial charge < -0.3 is 8.92 Å². The fraction of sp³-hybridized carbons (Fsp3) is 0.200. The first-order valence-electron chi connectivity index (χ1n) is 8.18. The largest absolute Gasteiger partial charge is 0.481 e. The number of nitrogens with zero attached hydrogens (tertiary/aromatic N) is 1. The topological polar surface area (TPSA) is 71.3 Å². The van der Waals surface area contributed by atoms with Crippen molar-refractivity contribution in [2.24, 2.45) is 0 Å². The van der Waals surface area contributed by atoms with Gasteiger partial charge in [0.25, 0.3) is 0 Å². The highest BCUT2D eigenvalue weighted by Gasteiger charge is 2.38. The maximum Gasteiger partial charge on any atom is 0.307 e. The average Bonchev–Trinajstić information content (AvgIpc) is 2.67. The SMILES string of the molecule is CCC1(C)Oc2cc(NSOC=O)ccc2C(c2ccccc2)=C1C#N. The highest BCUT2D eigenvalue weighted by atomic mass is 32.2. The zero-order chi connectivity index (χ0) is 18.6. The number of nitriles is 1. The van der Waals surface area contributed by atoms with E-state index in [0.717, 1.165) is 34.6 Å². The predicted octanol–water partition coefficient (Wildman–Crippen LogP) is 4.72. The average molecular weight is 366 g/mol. The molecule has 2 aromatic rings. The third kappa shape index (κ3) is 3.26. The Morgan fingerprint density at radius 3 is 2.73 bits per heavy atom. The molecule has 0 aromatic heterocycles. The van der Waals surface area contributed by atoms with E-state index in [1.54, 1.807) is 0 Å². The van der Waals surface area contributed by atoms with Crippen molar-refractivity contribution in [1.82, 2.24) is 0 Å². The molecule has 0 bridgehead atoms. The molecule has 1 unspecified atom stereocenters. The number of benzene rings is 2. The van der Waals surface area contributed by atoms with Crippen LogP contribution in [0.1, 0.15) is 31.4 Å². The fourth-order valence-electron chi connectivity index (χ4n) is 2.99. The van der Waals surface area contributed by atoms with Crippen LogP contribution in [0.2, 0.25) is 0 Å². The Balaban J connectivity index is 2.14. The summed E-state index contributed by atoms with van der Waals surface area (Å²) < 4.78 is 13.8. The first-order valence-corrected chi connectivity index (χ1v) is 8.93. The van der Waals surface area contributed by atoms with Gasteiger partial charge in [-0.2, -0.15) is 5.26 Å². The summed E-state index contributed by atoms with van der Waals surface area (Å²) in [6.45, 7) is 4.29. The number of nitrogens with one attached hydrogen (secondary N) is 1. The van der Waals surface area contributed by atoms with Crippen LogP contribution in [0.25, 0.3) is 5.57 Å². The van der Waals surface area contributed by atoms with Crippen LogP contribution in [0.3, 0.4) is 0 Å². The molecule has 1 aliphatic heterocycles. The molecule has 0 spiro atoms. The molecule has 2 aromatic carbocycles. The van der Waals surface area contributed by atoms with Crippen molar-refractivity contribution in [3.05, 3.63) is 65.2 Å². The molecule has 1 aliphatic rings. The number of anilines is 1. The minimum absolute atomic E-state index is 0.357. The van der Waals surface area contributed by atoms with Gasteiger partial charge in [0.2, 0.25) is 0 Å². The monoisotopic (exact) mass is 366 g/mol. The summed E-state index contributed by atoms with van der Waals surface area (Å²) in [5, 5.41) is 9.86. The van der Waals surface area contributed by atoms with E-state index >= 15 is 0 Å². The summed E-state index contributed by atoms with van der Waals surface area (Å²) >= 11 is 0.827. The summed E-state index contributed by atoms with van der Waals surface area (Å²) in [4.78, 5) is 10.3. The second-order valence-corrected chi connectivity index (χ2v) is 6.57. The zero-order valence-electron chi connectivity index (χ0n) is 14.5. The second kappa shape index (κ2) is 7.54. The molecule has 1 N–H and O–H groups in total. The smallest absolute Gasteiger partial charge is 0.307 e. The van der Waals surface area contributed by atoms with Crippen LogP contribution in [0.5, 0.6) is 5.75 Å². The fourth-order valence-corrected chi connectivity index (χ4v) is 3.30. The van der Waals surface area contributed by atoms with Crippen molar-refractivity contribution in [2.45, 2.75) is 25.9 Å². The Labute approximate surface area is 157 Å². The van der Waals surface area contributed by atoms with Crippen molar-refractivity contribution >= 4 is 30.0 Å². The van der Waals surface area contributed by atoms with E-state index in [2.05, 4.69) is 15.0 Å². The van der Waals surface area contributed by atoms with Crippen LogP contribution < -0.4 is 9.46 Å². The van der Waals surface area contributed by atoms with E-state index in [-0.39, 0.29) is 0 Å². The van der Waals surface area contributed by atoms with Crippen molar-refractivity contribution in [3.63, 3.8) is 0 Å². The number of hydrogen-bond acceptors (Lipinski definition) is 6. The van der Waals surface area contributed by atoms with Gasteiger partial charge >= 0.3 is 6.47 Å². The molecular weight excluding hydrogens is 348 g/mol. The molecule has 0 fully saturated rings. The first kappa shape index (κ1) is 17.9. The molecule has 132 valence electrons. The van der Waals surface area contributed by atoms with E-state index in [0.29, 0.717) is 24.2 Å².